The lowest BCUT2D eigenvalue weighted by atomic mass is 9.91. The molecule has 20 heavy (non-hydrogen) atoms. The molecule has 0 aliphatic carbocycles. The second-order valence-corrected chi connectivity index (χ2v) is 5.46. The summed E-state index contributed by atoms with van der Waals surface area (Å²) in [7, 11) is 0. The van der Waals surface area contributed by atoms with Gasteiger partial charge in [-0.25, -0.2) is 0 Å². The van der Waals surface area contributed by atoms with Crippen molar-refractivity contribution in [1.29, 1.82) is 5.26 Å². The van der Waals surface area contributed by atoms with Crippen molar-refractivity contribution < 1.29 is 9.53 Å². The molecule has 1 aliphatic heterocycles. The van der Waals surface area contributed by atoms with Gasteiger partial charge in [0.25, 0.3) is 0 Å². The summed E-state index contributed by atoms with van der Waals surface area (Å²) in [5.74, 6) is -0.0968. The van der Waals surface area contributed by atoms with E-state index in [2.05, 4.69) is 17.5 Å². The molecule has 4 heteroatoms. The summed E-state index contributed by atoms with van der Waals surface area (Å²) in [4.78, 5) is 12.2. The zero-order valence-corrected chi connectivity index (χ0v) is 12.0. The SMILES string of the molecule is Cc1ccc(CC(=O)NC2(C#N)CCOCC2)c(C)c1. The van der Waals surface area contributed by atoms with Gasteiger partial charge in [-0.1, -0.05) is 23.8 Å². The van der Waals surface area contributed by atoms with E-state index in [1.807, 2.05) is 26.0 Å². The molecule has 0 spiro atoms. The molecule has 1 aromatic carbocycles. The highest BCUT2D eigenvalue weighted by molar-refractivity contribution is 5.80. The van der Waals surface area contributed by atoms with Gasteiger partial charge in [0.05, 0.1) is 12.5 Å². The average molecular weight is 272 g/mol. The van der Waals surface area contributed by atoms with Gasteiger partial charge in [0, 0.05) is 26.1 Å². The number of ether oxygens (including phenoxy) is 1. The average Bonchev–Trinajstić information content (AvgIpc) is 2.43. The maximum Gasteiger partial charge on any atom is 0.225 e. The second kappa shape index (κ2) is 6.06. The third-order valence-corrected chi connectivity index (χ3v) is 3.79. The van der Waals surface area contributed by atoms with Gasteiger partial charge >= 0.3 is 0 Å². The maximum atomic E-state index is 12.2. The highest BCUT2D eigenvalue weighted by atomic mass is 16.5. The summed E-state index contributed by atoms with van der Waals surface area (Å²) in [6, 6.07) is 8.30. The molecule has 2 rings (SSSR count). The van der Waals surface area contributed by atoms with E-state index in [-0.39, 0.29) is 5.91 Å². The van der Waals surface area contributed by atoms with Crippen molar-refractivity contribution in [3.63, 3.8) is 0 Å². The Bertz CT molecular complexity index is 540. The van der Waals surface area contributed by atoms with Crippen LogP contribution in [0.5, 0.6) is 0 Å². The minimum absolute atomic E-state index is 0.0968. The zero-order chi connectivity index (χ0) is 14.6. The Morgan fingerprint density at radius 1 is 1.40 bits per heavy atom. The normalized spacial score (nSPS) is 17.2. The van der Waals surface area contributed by atoms with Crippen molar-refractivity contribution in [3.8, 4) is 6.07 Å². The molecular formula is C16H20N2O2. The van der Waals surface area contributed by atoms with E-state index in [4.69, 9.17) is 4.74 Å². The molecule has 1 N–H and O–H groups in total. The van der Waals surface area contributed by atoms with Gasteiger partial charge in [-0.05, 0) is 25.0 Å². The highest BCUT2D eigenvalue weighted by Crippen LogP contribution is 2.20. The van der Waals surface area contributed by atoms with Gasteiger partial charge in [-0.15, -0.1) is 0 Å². The minimum Gasteiger partial charge on any atom is -0.381 e. The fraction of sp³-hybridized carbons (Fsp3) is 0.500. The maximum absolute atomic E-state index is 12.2. The molecule has 0 atom stereocenters. The Morgan fingerprint density at radius 2 is 2.10 bits per heavy atom. The molecule has 1 aliphatic rings. The summed E-state index contributed by atoms with van der Waals surface area (Å²) < 4.78 is 5.26. The van der Waals surface area contributed by atoms with Crippen molar-refractivity contribution in [2.24, 2.45) is 0 Å². The van der Waals surface area contributed by atoms with Crippen LogP contribution in [0.1, 0.15) is 29.5 Å². The molecule has 1 saturated heterocycles. The van der Waals surface area contributed by atoms with E-state index in [1.165, 1.54) is 5.56 Å². The standard InChI is InChI=1S/C16H20N2O2/c1-12-3-4-14(13(2)9-12)10-15(19)18-16(11-17)5-7-20-8-6-16/h3-4,9H,5-8,10H2,1-2H3,(H,18,19). The predicted octanol–water partition coefficient (Wildman–Crippen LogP) is 2.03. The van der Waals surface area contributed by atoms with Crippen LogP contribution in [0.3, 0.4) is 0 Å². The number of nitrogens with zero attached hydrogens (tertiary/aromatic N) is 1. The Hall–Kier alpha value is -1.86. The first-order chi connectivity index (χ1) is 9.54. The Balaban J connectivity index is 2.03. The first kappa shape index (κ1) is 14.5. The van der Waals surface area contributed by atoms with Crippen LogP contribution in [0.25, 0.3) is 0 Å². The Kier molecular flexibility index (Phi) is 4.41. The summed E-state index contributed by atoms with van der Waals surface area (Å²) in [6.45, 7) is 5.09. The highest BCUT2D eigenvalue weighted by Gasteiger charge is 2.34. The molecule has 4 nitrogen and oxygen atoms in total. The molecule has 0 aromatic heterocycles. The van der Waals surface area contributed by atoms with Crippen LogP contribution in [0.15, 0.2) is 18.2 Å². The van der Waals surface area contributed by atoms with E-state index >= 15 is 0 Å². The third-order valence-electron chi connectivity index (χ3n) is 3.79. The molecule has 106 valence electrons. The van der Waals surface area contributed by atoms with Gasteiger partial charge in [0.2, 0.25) is 5.91 Å². The Labute approximate surface area is 119 Å². The number of benzene rings is 1. The molecule has 0 unspecified atom stereocenters. The predicted molar refractivity (Wildman–Crippen MR) is 76.2 cm³/mol. The van der Waals surface area contributed by atoms with Crippen molar-refractivity contribution in [1.82, 2.24) is 5.32 Å². The molecule has 1 aromatic rings. The molecular weight excluding hydrogens is 252 g/mol. The fourth-order valence-corrected chi connectivity index (χ4v) is 2.51. The van der Waals surface area contributed by atoms with E-state index in [9.17, 15) is 10.1 Å². The molecule has 0 bridgehead atoms. The number of carbonyl (C=O) groups is 1. The summed E-state index contributed by atoms with van der Waals surface area (Å²) in [5.41, 5.74) is 2.55. The van der Waals surface area contributed by atoms with Gasteiger partial charge in [-0.2, -0.15) is 5.26 Å². The second-order valence-electron chi connectivity index (χ2n) is 5.46. The van der Waals surface area contributed by atoms with Crippen molar-refractivity contribution in [2.75, 3.05) is 13.2 Å². The molecule has 1 fully saturated rings. The van der Waals surface area contributed by atoms with Crippen LogP contribution in [0, 0.1) is 25.2 Å². The number of nitrogens with one attached hydrogen (secondary N) is 1. The molecule has 0 saturated carbocycles. The topological polar surface area (TPSA) is 62.1 Å². The molecule has 1 amide bonds. The molecule has 0 radical (unpaired) electrons. The smallest absolute Gasteiger partial charge is 0.225 e. The lowest BCUT2D eigenvalue weighted by Crippen LogP contribution is -2.51. The van der Waals surface area contributed by atoms with E-state index in [0.717, 1.165) is 11.1 Å². The molecule has 1 heterocycles. The first-order valence-electron chi connectivity index (χ1n) is 6.91. The van der Waals surface area contributed by atoms with E-state index in [0.29, 0.717) is 32.5 Å². The van der Waals surface area contributed by atoms with Crippen LogP contribution >= 0.6 is 0 Å². The first-order valence-corrected chi connectivity index (χ1v) is 6.91. The van der Waals surface area contributed by atoms with Gasteiger partial charge in [-0.3, -0.25) is 4.79 Å². The number of rotatable bonds is 3. The zero-order valence-electron chi connectivity index (χ0n) is 12.0. The number of carbonyl (C=O) groups excluding carboxylic acids is 1. The number of aryl methyl sites for hydroxylation is 2. The monoisotopic (exact) mass is 272 g/mol. The number of hydrogen-bond donors (Lipinski definition) is 1. The van der Waals surface area contributed by atoms with Gasteiger partial charge in [0.1, 0.15) is 5.54 Å². The van der Waals surface area contributed by atoms with Crippen LogP contribution in [0.4, 0.5) is 0 Å². The lowest BCUT2D eigenvalue weighted by Gasteiger charge is -2.31. The van der Waals surface area contributed by atoms with E-state index < -0.39 is 5.54 Å². The van der Waals surface area contributed by atoms with E-state index in [1.54, 1.807) is 0 Å². The number of nitriles is 1. The van der Waals surface area contributed by atoms with Gasteiger partial charge in [0.15, 0.2) is 0 Å². The summed E-state index contributed by atoms with van der Waals surface area (Å²) >= 11 is 0. The third kappa shape index (κ3) is 3.37. The van der Waals surface area contributed by atoms with Crippen LogP contribution in [-0.4, -0.2) is 24.7 Å². The fourth-order valence-electron chi connectivity index (χ4n) is 2.51. The minimum atomic E-state index is -0.756. The quantitative estimate of drug-likeness (QED) is 0.915. The summed E-state index contributed by atoms with van der Waals surface area (Å²) in [6.07, 6.45) is 1.43. The van der Waals surface area contributed by atoms with Crippen molar-refractivity contribution in [3.05, 3.63) is 34.9 Å². The number of hydrogen-bond acceptors (Lipinski definition) is 3. The number of amides is 1. The lowest BCUT2D eigenvalue weighted by molar-refractivity contribution is -0.122. The van der Waals surface area contributed by atoms with Crippen LogP contribution in [-0.2, 0) is 16.0 Å². The van der Waals surface area contributed by atoms with Crippen molar-refractivity contribution in [2.45, 2.75) is 38.6 Å². The van der Waals surface area contributed by atoms with Crippen LogP contribution < -0.4 is 5.32 Å². The largest absolute Gasteiger partial charge is 0.381 e. The summed E-state index contributed by atoms with van der Waals surface area (Å²) in [5, 5.41) is 12.2. The van der Waals surface area contributed by atoms with Gasteiger partial charge < -0.3 is 10.1 Å². The van der Waals surface area contributed by atoms with Crippen LogP contribution in [0.2, 0.25) is 0 Å². The van der Waals surface area contributed by atoms with Crippen molar-refractivity contribution >= 4 is 5.91 Å². The Morgan fingerprint density at radius 3 is 2.70 bits per heavy atom.